The van der Waals surface area contributed by atoms with Gasteiger partial charge < -0.3 is 18.9 Å². The van der Waals surface area contributed by atoms with Gasteiger partial charge in [0, 0.05) is 17.2 Å². The maximum Gasteiger partial charge on any atom is 0.413 e. The van der Waals surface area contributed by atoms with E-state index in [0.29, 0.717) is 26.4 Å². The van der Waals surface area contributed by atoms with E-state index in [9.17, 15) is 4.79 Å². The second-order valence-corrected chi connectivity index (χ2v) is 12.9. The highest BCUT2D eigenvalue weighted by molar-refractivity contribution is 7.18. The molecule has 0 bridgehead atoms. The van der Waals surface area contributed by atoms with Crippen LogP contribution >= 0.6 is 34.5 Å². The molecule has 1 fully saturated rings. The molecule has 12 heteroatoms. The van der Waals surface area contributed by atoms with Gasteiger partial charge in [-0.05, 0) is 72.7 Å². The van der Waals surface area contributed by atoms with Gasteiger partial charge in [-0.3, -0.25) is 4.90 Å². The molecule has 1 aromatic heterocycles. The van der Waals surface area contributed by atoms with Crippen LogP contribution in [0.5, 0.6) is 11.5 Å². The molecule has 0 spiro atoms. The molecule has 0 saturated carbocycles. The van der Waals surface area contributed by atoms with Gasteiger partial charge in [0.2, 0.25) is 0 Å². The first-order chi connectivity index (χ1) is 18.6. The zero-order chi connectivity index (χ0) is 29.4. The van der Waals surface area contributed by atoms with Crippen LogP contribution in [-0.2, 0) is 9.47 Å². The normalized spacial score (nSPS) is 16.9. The van der Waals surface area contributed by atoms with Crippen molar-refractivity contribution >= 4 is 40.6 Å². The van der Waals surface area contributed by atoms with Crippen molar-refractivity contribution in [3.63, 3.8) is 0 Å². The predicted molar refractivity (Wildman–Crippen MR) is 154 cm³/mol. The van der Waals surface area contributed by atoms with Crippen LogP contribution in [0, 0.1) is 5.82 Å². The summed E-state index contributed by atoms with van der Waals surface area (Å²) in [7, 11) is 0. The molecule has 0 unspecified atom stereocenters. The molecule has 0 radical (unpaired) electrons. The molecule has 0 aliphatic carbocycles. The molecule has 1 amide bonds. The molecule has 1 aliphatic rings. The van der Waals surface area contributed by atoms with Gasteiger partial charge in [0.15, 0.2) is 11.6 Å². The summed E-state index contributed by atoms with van der Waals surface area (Å²) in [6, 6.07) is 7.52. The minimum Gasteiger partial charge on any atom is -0.489 e. The third kappa shape index (κ3) is 6.97. The van der Waals surface area contributed by atoms with E-state index in [2.05, 4.69) is 10.2 Å². The molecule has 216 valence electrons. The first kappa shape index (κ1) is 30.3. The van der Waals surface area contributed by atoms with Crippen LogP contribution in [0.1, 0.15) is 48.5 Å². The minimum atomic E-state index is -0.905. The number of halogens is 3. The van der Waals surface area contributed by atoms with E-state index >= 15 is 4.39 Å². The summed E-state index contributed by atoms with van der Waals surface area (Å²) in [5, 5.41) is 10.2. The monoisotopic (exact) mass is 611 g/mol. The average Bonchev–Trinajstić information content (AvgIpc) is 3.43. The number of ether oxygens (including phenoxy) is 4. The van der Waals surface area contributed by atoms with E-state index in [1.165, 1.54) is 28.4 Å². The van der Waals surface area contributed by atoms with Crippen molar-refractivity contribution in [2.24, 2.45) is 0 Å². The summed E-state index contributed by atoms with van der Waals surface area (Å²) in [6.45, 7) is 12.9. The fraction of sp³-hybridized carbons (Fsp3) is 0.464. The van der Waals surface area contributed by atoms with Gasteiger partial charge in [0.25, 0.3) is 0 Å². The SMILES string of the molecule is CC(C)Oc1ccc(-c2nnc(-c3cc(F)c(OC[C@@H]4COC(C)(C)N4C(=O)OC(C)(C)C)cc3Cl)s2)cc1Cl. The van der Waals surface area contributed by atoms with E-state index in [0.717, 1.165) is 5.56 Å². The van der Waals surface area contributed by atoms with Crippen LogP contribution in [0.25, 0.3) is 21.1 Å². The highest BCUT2D eigenvalue weighted by Gasteiger charge is 2.46. The Morgan fingerprint density at radius 1 is 1.15 bits per heavy atom. The Bertz CT molecular complexity index is 1390. The van der Waals surface area contributed by atoms with Crippen molar-refractivity contribution in [1.82, 2.24) is 15.1 Å². The molecule has 4 rings (SSSR count). The minimum absolute atomic E-state index is 0.0114. The van der Waals surface area contributed by atoms with Crippen LogP contribution in [0.3, 0.4) is 0 Å². The van der Waals surface area contributed by atoms with E-state index in [1.807, 2.05) is 19.9 Å². The number of amides is 1. The third-order valence-corrected chi connectivity index (χ3v) is 7.43. The number of benzene rings is 2. The molecule has 8 nitrogen and oxygen atoms in total. The smallest absolute Gasteiger partial charge is 0.413 e. The lowest BCUT2D eigenvalue weighted by Crippen LogP contribution is -2.51. The Hall–Kier alpha value is -2.66. The molecule has 2 heterocycles. The molecule has 1 aliphatic heterocycles. The lowest BCUT2D eigenvalue weighted by atomic mass is 10.2. The summed E-state index contributed by atoms with van der Waals surface area (Å²) >= 11 is 14.1. The molecule has 1 saturated heterocycles. The Morgan fingerprint density at radius 3 is 2.50 bits per heavy atom. The summed E-state index contributed by atoms with van der Waals surface area (Å²) in [6.07, 6.45) is -0.546. The molecule has 40 heavy (non-hydrogen) atoms. The van der Waals surface area contributed by atoms with E-state index < -0.39 is 29.3 Å². The molecular weight excluding hydrogens is 580 g/mol. The van der Waals surface area contributed by atoms with Gasteiger partial charge in [-0.15, -0.1) is 10.2 Å². The van der Waals surface area contributed by atoms with Gasteiger partial charge >= 0.3 is 6.09 Å². The van der Waals surface area contributed by atoms with E-state index in [1.54, 1.807) is 46.8 Å². The first-order valence-electron chi connectivity index (χ1n) is 12.7. The van der Waals surface area contributed by atoms with Gasteiger partial charge in [-0.25, -0.2) is 9.18 Å². The maximum atomic E-state index is 15.2. The Morgan fingerprint density at radius 2 is 1.85 bits per heavy atom. The van der Waals surface area contributed by atoms with Crippen molar-refractivity contribution in [1.29, 1.82) is 0 Å². The quantitative estimate of drug-likeness (QED) is 0.269. The van der Waals surface area contributed by atoms with Gasteiger partial charge in [0.1, 0.15) is 33.7 Å². The highest BCUT2D eigenvalue weighted by Crippen LogP contribution is 2.39. The first-order valence-corrected chi connectivity index (χ1v) is 14.3. The van der Waals surface area contributed by atoms with Crippen LogP contribution in [0.4, 0.5) is 9.18 Å². The number of carbonyl (C=O) groups is 1. The second-order valence-electron chi connectivity index (χ2n) is 11.1. The van der Waals surface area contributed by atoms with E-state index in [-0.39, 0.29) is 30.1 Å². The van der Waals surface area contributed by atoms with Crippen molar-refractivity contribution in [2.75, 3.05) is 13.2 Å². The number of nitrogens with zero attached hydrogens (tertiary/aromatic N) is 3. The lowest BCUT2D eigenvalue weighted by Gasteiger charge is -2.35. The number of carbonyl (C=O) groups excluding carboxylic acids is 1. The van der Waals surface area contributed by atoms with Gasteiger partial charge in [-0.2, -0.15) is 0 Å². The van der Waals surface area contributed by atoms with Crippen LogP contribution < -0.4 is 9.47 Å². The second kappa shape index (κ2) is 11.7. The standard InChI is InChI=1S/C28H32Cl2FN3O5S/c1-15(2)38-22-9-8-16(10-20(22)30)24-32-33-25(40-24)18-11-21(31)23(12-19(18)29)36-13-17-14-37-28(6,7)34(17)26(35)39-27(3,4)5/h8-12,15,17H,13-14H2,1-7H3/t17-/m1/s1. The fourth-order valence-electron chi connectivity index (χ4n) is 4.11. The summed E-state index contributed by atoms with van der Waals surface area (Å²) in [5.41, 5.74) is -0.462. The summed E-state index contributed by atoms with van der Waals surface area (Å²) < 4.78 is 37.9. The van der Waals surface area contributed by atoms with Crippen LogP contribution in [0.2, 0.25) is 10.0 Å². The van der Waals surface area contributed by atoms with Crippen molar-refractivity contribution < 1.29 is 28.1 Å². The van der Waals surface area contributed by atoms with Crippen molar-refractivity contribution in [3.05, 3.63) is 46.2 Å². The predicted octanol–water partition coefficient (Wildman–Crippen LogP) is 7.86. The van der Waals surface area contributed by atoms with E-state index in [4.69, 9.17) is 42.1 Å². The molecule has 1 atom stereocenters. The zero-order valence-corrected chi connectivity index (χ0v) is 25.7. The zero-order valence-electron chi connectivity index (χ0n) is 23.4. The Kier molecular flexibility index (Phi) is 8.85. The van der Waals surface area contributed by atoms with Crippen molar-refractivity contribution in [3.8, 4) is 32.6 Å². The lowest BCUT2D eigenvalue weighted by molar-refractivity contribution is -0.0637. The van der Waals surface area contributed by atoms with Crippen LogP contribution in [0.15, 0.2) is 30.3 Å². The highest BCUT2D eigenvalue weighted by atomic mass is 35.5. The molecule has 0 N–H and O–H groups in total. The van der Waals surface area contributed by atoms with Crippen molar-refractivity contribution in [2.45, 2.75) is 71.9 Å². The number of rotatable bonds is 7. The summed E-state index contributed by atoms with van der Waals surface area (Å²) in [4.78, 5) is 14.3. The Balaban J connectivity index is 1.49. The number of hydrogen-bond donors (Lipinski definition) is 0. The Labute approximate surface area is 247 Å². The van der Waals surface area contributed by atoms with Gasteiger partial charge in [-0.1, -0.05) is 34.5 Å². The number of hydrogen-bond acceptors (Lipinski definition) is 8. The van der Waals surface area contributed by atoms with Gasteiger partial charge in [0.05, 0.1) is 28.8 Å². The number of aromatic nitrogens is 2. The third-order valence-electron chi connectivity index (χ3n) is 5.81. The summed E-state index contributed by atoms with van der Waals surface area (Å²) in [5.74, 6) is -0.107. The molecule has 3 aromatic rings. The molecular formula is C28H32Cl2FN3O5S. The molecule has 2 aromatic carbocycles. The largest absolute Gasteiger partial charge is 0.489 e. The maximum absolute atomic E-state index is 15.2. The van der Waals surface area contributed by atoms with Crippen LogP contribution in [-0.4, -0.2) is 57.9 Å². The fourth-order valence-corrected chi connectivity index (χ4v) is 5.50. The topological polar surface area (TPSA) is 83.0 Å². The average molecular weight is 613 g/mol.